The summed E-state index contributed by atoms with van der Waals surface area (Å²) in [6.45, 7) is 7.95. The molecule has 3 atom stereocenters. The Kier molecular flexibility index (Phi) is 4.41. The second kappa shape index (κ2) is 6.06. The lowest BCUT2D eigenvalue weighted by atomic mass is 9.73. The van der Waals surface area contributed by atoms with Gasteiger partial charge in [0.25, 0.3) is 0 Å². The summed E-state index contributed by atoms with van der Waals surface area (Å²) in [7, 11) is 0. The molecule has 0 unspecified atom stereocenters. The zero-order valence-electron chi connectivity index (χ0n) is 12.2. The molecule has 0 amide bonds. The van der Waals surface area contributed by atoms with Crippen LogP contribution >= 0.6 is 0 Å². The van der Waals surface area contributed by atoms with E-state index in [0.717, 1.165) is 5.56 Å². The van der Waals surface area contributed by atoms with Crippen molar-refractivity contribution in [2.75, 3.05) is 0 Å². The molecule has 0 spiro atoms. The van der Waals surface area contributed by atoms with Crippen LogP contribution in [0.1, 0.15) is 30.9 Å². The summed E-state index contributed by atoms with van der Waals surface area (Å²) in [5.74, 6) is 0.149. The number of rotatable bonds is 5. The Balaban J connectivity index is 2.35. The fourth-order valence-corrected chi connectivity index (χ4v) is 2.85. The number of hydrogen-bond donors (Lipinski definition) is 1. The molecule has 1 heteroatoms. The van der Waals surface area contributed by atoms with E-state index >= 15 is 0 Å². The van der Waals surface area contributed by atoms with Crippen LogP contribution in [0.25, 0.3) is 0 Å². The van der Waals surface area contributed by atoms with Gasteiger partial charge >= 0.3 is 0 Å². The summed E-state index contributed by atoms with van der Waals surface area (Å²) in [4.78, 5) is 0. The van der Waals surface area contributed by atoms with Gasteiger partial charge in [-0.25, -0.2) is 0 Å². The Hall–Kier alpha value is -1.86. The highest BCUT2D eigenvalue weighted by Gasteiger charge is 2.35. The van der Waals surface area contributed by atoms with Crippen LogP contribution in [0.4, 0.5) is 0 Å². The topological polar surface area (TPSA) is 20.2 Å². The molecule has 2 rings (SSSR count). The van der Waals surface area contributed by atoms with E-state index in [-0.39, 0.29) is 11.8 Å². The molecule has 0 radical (unpaired) electrons. The molecule has 0 fully saturated rings. The molecular weight excluding hydrogens is 244 g/mol. The van der Waals surface area contributed by atoms with Crippen molar-refractivity contribution in [2.24, 2.45) is 5.92 Å². The number of benzene rings is 2. The summed E-state index contributed by atoms with van der Waals surface area (Å²) in [5.41, 5.74) is 1.21. The molecule has 1 N–H and O–H groups in total. The maximum absolute atomic E-state index is 11.0. The maximum atomic E-state index is 11.0. The normalized spacial score (nSPS) is 16.9. The number of aliphatic hydroxyl groups is 1. The smallest absolute Gasteiger partial charge is 0.0936 e. The highest BCUT2D eigenvalue weighted by Crippen LogP contribution is 2.39. The van der Waals surface area contributed by atoms with E-state index in [9.17, 15) is 5.11 Å². The summed E-state index contributed by atoms with van der Waals surface area (Å²) in [6.07, 6.45) is 1.87. The van der Waals surface area contributed by atoms with Crippen LogP contribution in [-0.4, -0.2) is 5.11 Å². The SMILES string of the molecule is C=C[C@H]([C@@H](C)c1ccccc1)[C@](C)(O)c1ccccc1. The van der Waals surface area contributed by atoms with E-state index in [0.29, 0.717) is 0 Å². The third-order valence-corrected chi connectivity index (χ3v) is 4.13. The molecule has 2 aromatic carbocycles. The molecule has 0 saturated carbocycles. The molecule has 0 aliphatic rings. The minimum atomic E-state index is -0.932. The van der Waals surface area contributed by atoms with Gasteiger partial charge in [0.15, 0.2) is 0 Å². The molecule has 0 aliphatic heterocycles. The van der Waals surface area contributed by atoms with Crippen molar-refractivity contribution in [1.29, 1.82) is 0 Å². The van der Waals surface area contributed by atoms with E-state index in [1.54, 1.807) is 0 Å². The van der Waals surface area contributed by atoms with Crippen LogP contribution in [0.5, 0.6) is 0 Å². The van der Waals surface area contributed by atoms with Gasteiger partial charge in [0.1, 0.15) is 0 Å². The van der Waals surface area contributed by atoms with Gasteiger partial charge in [-0.05, 0) is 24.0 Å². The van der Waals surface area contributed by atoms with Gasteiger partial charge in [-0.1, -0.05) is 73.7 Å². The Morgan fingerprint density at radius 2 is 1.50 bits per heavy atom. The average molecular weight is 266 g/mol. The molecule has 0 heterocycles. The van der Waals surface area contributed by atoms with Crippen LogP contribution in [0.3, 0.4) is 0 Å². The average Bonchev–Trinajstić information content (AvgIpc) is 2.49. The van der Waals surface area contributed by atoms with E-state index < -0.39 is 5.60 Å². The Labute approximate surface area is 121 Å². The summed E-state index contributed by atoms with van der Waals surface area (Å²) >= 11 is 0. The first-order valence-corrected chi connectivity index (χ1v) is 7.02. The van der Waals surface area contributed by atoms with Gasteiger partial charge in [0.05, 0.1) is 5.60 Å². The van der Waals surface area contributed by atoms with E-state index in [2.05, 4.69) is 25.6 Å². The van der Waals surface area contributed by atoms with Crippen molar-refractivity contribution in [3.05, 3.63) is 84.4 Å². The second-order valence-corrected chi connectivity index (χ2v) is 5.47. The summed E-state index contributed by atoms with van der Waals surface area (Å²) < 4.78 is 0. The van der Waals surface area contributed by atoms with Gasteiger partial charge in [-0.3, -0.25) is 0 Å². The van der Waals surface area contributed by atoms with E-state index in [4.69, 9.17) is 0 Å². The zero-order chi connectivity index (χ0) is 14.6. The standard InChI is InChI=1S/C19H22O/c1-4-18(15(2)16-11-7-5-8-12-16)19(3,20)17-13-9-6-10-14-17/h4-15,18,20H,1H2,2-3H3/t15-,18+,19+/m0/s1. The molecule has 0 aliphatic carbocycles. The zero-order valence-corrected chi connectivity index (χ0v) is 12.2. The summed E-state index contributed by atoms with van der Waals surface area (Å²) in [6, 6.07) is 20.1. The van der Waals surface area contributed by atoms with Crippen LogP contribution in [-0.2, 0) is 5.60 Å². The highest BCUT2D eigenvalue weighted by atomic mass is 16.3. The van der Waals surface area contributed by atoms with Gasteiger partial charge < -0.3 is 5.11 Å². The van der Waals surface area contributed by atoms with Gasteiger partial charge in [0.2, 0.25) is 0 Å². The van der Waals surface area contributed by atoms with E-state index in [1.807, 2.05) is 61.5 Å². The molecule has 2 aromatic rings. The molecule has 0 aromatic heterocycles. The van der Waals surface area contributed by atoms with Crippen molar-refractivity contribution in [2.45, 2.75) is 25.4 Å². The predicted octanol–water partition coefficient (Wildman–Crippen LogP) is 4.50. The molecule has 20 heavy (non-hydrogen) atoms. The molecule has 0 saturated heterocycles. The molecular formula is C19H22O. The second-order valence-electron chi connectivity index (χ2n) is 5.47. The monoisotopic (exact) mass is 266 g/mol. The van der Waals surface area contributed by atoms with Crippen LogP contribution in [0, 0.1) is 5.92 Å². The quantitative estimate of drug-likeness (QED) is 0.790. The van der Waals surface area contributed by atoms with Crippen LogP contribution < -0.4 is 0 Å². The van der Waals surface area contributed by atoms with Crippen LogP contribution in [0.2, 0.25) is 0 Å². The largest absolute Gasteiger partial charge is 0.385 e. The van der Waals surface area contributed by atoms with Crippen molar-refractivity contribution in [3.8, 4) is 0 Å². The minimum Gasteiger partial charge on any atom is -0.385 e. The maximum Gasteiger partial charge on any atom is 0.0936 e. The Bertz CT molecular complexity index is 542. The number of hydrogen-bond acceptors (Lipinski definition) is 1. The Morgan fingerprint density at radius 3 is 2.00 bits per heavy atom. The van der Waals surface area contributed by atoms with Crippen molar-refractivity contribution in [1.82, 2.24) is 0 Å². The first kappa shape index (κ1) is 14.5. The van der Waals surface area contributed by atoms with Gasteiger partial charge in [-0.2, -0.15) is 0 Å². The lowest BCUT2D eigenvalue weighted by Crippen LogP contribution is -2.33. The van der Waals surface area contributed by atoms with Crippen molar-refractivity contribution in [3.63, 3.8) is 0 Å². The lowest BCUT2D eigenvalue weighted by molar-refractivity contribution is 0.00494. The van der Waals surface area contributed by atoms with Gasteiger partial charge in [0, 0.05) is 5.92 Å². The highest BCUT2D eigenvalue weighted by molar-refractivity contribution is 5.28. The van der Waals surface area contributed by atoms with Gasteiger partial charge in [-0.15, -0.1) is 6.58 Å². The van der Waals surface area contributed by atoms with Crippen LogP contribution in [0.15, 0.2) is 73.3 Å². The fourth-order valence-electron chi connectivity index (χ4n) is 2.85. The fraction of sp³-hybridized carbons (Fsp3) is 0.263. The van der Waals surface area contributed by atoms with Crippen molar-refractivity contribution < 1.29 is 5.11 Å². The predicted molar refractivity (Wildman–Crippen MR) is 84.6 cm³/mol. The minimum absolute atomic E-state index is 0.0488. The first-order chi connectivity index (χ1) is 9.57. The third-order valence-electron chi connectivity index (χ3n) is 4.13. The molecule has 104 valence electrons. The lowest BCUT2D eigenvalue weighted by Gasteiger charge is -2.35. The van der Waals surface area contributed by atoms with E-state index in [1.165, 1.54) is 5.56 Å². The summed E-state index contributed by atoms with van der Waals surface area (Å²) in [5, 5.41) is 11.0. The third kappa shape index (κ3) is 2.83. The van der Waals surface area contributed by atoms with Crippen molar-refractivity contribution >= 4 is 0 Å². The molecule has 1 nitrogen and oxygen atoms in total. The Morgan fingerprint density at radius 1 is 1.00 bits per heavy atom. The first-order valence-electron chi connectivity index (χ1n) is 7.02. The molecule has 0 bridgehead atoms.